The topological polar surface area (TPSA) is 118 Å². The minimum Gasteiger partial charge on any atom is -0.478 e. The predicted molar refractivity (Wildman–Crippen MR) is 116 cm³/mol. The molecule has 0 bridgehead atoms. The third kappa shape index (κ3) is 3.71. The number of aromatic carboxylic acids is 1. The summed E-state index contributed by atoms with van der Waals surface area (Å²) in [6.45, 7) is 2.12. The van der Waals surface area contributed by atoms with Gasteiger partial charge in [-0.15, -0.1) is 0 Å². The maximum absolute atomic E-state index is 12.6. The number of benzene rings is 2. The van der Waals surface area contributed by atoms with Crippen molar-refractivity contribution in [1.29, 1.82) is 0 Å². The Hall–Kier alpha value is -4.07. The van der Waals surface area contributed by atoms with Crippen LogP contribution in [0.3, 0.4) is 0 Å². The highest BCUT2D eigenvalue weighted by atomic mass is 16.5. The lowest BCUT2D eigenvalue weighted by Crippen LogP contribution is -2.25. The van der Waals surface area contributed by atoms with Crippen LogP contribution in [0.2, 0.25) is 0 Å². The van der Waals surface area contributed by atoms with E-state index < -0.39 is 5.97 Å². The lowest BCUT2D eigenvalue weighted by Gasteiger charge is -2.12. The van der Waals surface area contributed by atoms with Crippen molar-refractivity contribution in [1.82, 2.24) is 20.4 Å². The molecule has 32 heavy (non-hydrogen) atoms. The SMILES string of the molecule is Cc1noc(C2CC2C(=O)NCc2ccc(-c3cccc(C(=O)O)c3)c3ccncc23)n1. The molecule has 2 atom stereocenters. The summed E-state index contributed by atoms with van der Waals surface area (Å²) in [5.41, 5.74) is 2.89. The number of rotatable bonds is 6. The van der Waals surface area contributed by atoms with Gasteiger partial charge in [-0.25, -0.2) is 4.79 Å². The molecule has 1 saturated carbocycles. The van der Waals surface area contributed by atoms with Gasteiger partial charge < -0.3 is 14.9 Å². The highest BCUT2D eigenvalue weighted by Crippen LogP contribution is 2.46. The third-order valence-corrected chi connectivity index (χ3v) is 5.77. The minimum absolute atomic E-state index is 0.0153. The molecule has 1 aliphatic rings. The molecule has 2 aromatic carbocycles. The number of hydrogen-bond donors (Lipinski definition) is 2. The number of hydrogen-bond acceptors (Lipinski definition) is 6. The zero-order valence-electron chi connectivity index (χ0n) is 17.3. The number of pyridine rings is 1. The number of nitrogens with zero attached hydrogens (tertiary/aromatic N) is 3. The van der Waals surface area contributed by atoms with Crippen LogP contribution < -0.4 is 5.32 Å². The molecule has 2 heterocycles. The van der Waals surface area contributed by atoms with E-state index >= 15 is 0 Å². The van der Waals surface area contributed by atoms with E-state index in [-0.39, 0.29) is 23.3 Å². The van der Waals surface area contributed by atoms with E-state index in [4.69, 9.17) is 4.52 Å². The van der Waals surface area contributed by atoms with Crippen molar-refractivity contribution >= 4 is 22.6 Å². The number of carbonyl (C=O) groups excluding carboxylic acids is 1. The summed E-state index contributed by atoms with van der Waals surface area (Å²) in [4.78, 5) is 32.5. The van der Waals surface area contributed by atoms with Crippen LogP contribution >= 0.6 is 0 Å². The van der Waals surface area contributed by atoms with Crippen molar-refractivity contribution in [3.05, 3.63) is 77.7 Å². The van der Waals surface area contributed by atoms with Gasteiger partial charge in [0.15, 0.2) is 5.82 Å². The van der Waals surface area contributed by atoms with Crippen molar-refractivity contribution in [3.63, 3.8) is 0 Å². The molecule has 8 nitrogen and oxygen atoms in total. The first-order chi connectivity index (χ1) is 15.5. The van der Waals surface area contributed by atoms with Gasteiger partial charge in [-0.3, -0.25) is 9.78 Å². The van der Waals surface area contributed by atoms with E-state index in [0.29, 0.717) is 24.7 Å². The quantitative estimate of drug-likeness (QED) is 0.480. The van der Waals surface area contributed by atoms with E-state index in [9.17, 15) is 14.7 Å². The fourth-order valence-electron chi connectivity index (χ4n) is 4.01. The van der Waals surface area contributed by atoms with Crippen LogP contribution in [0, 0.1) is 12.8 Å². The number of fused-ring (bicyclic) bond motifs is 1. The number of carboxylic acid groups (broad SMARTS) is 1. The second kappa shape index (κ2) is 7.88. The van der Waals surface area contributed by atoms with Crippen molar-refractivity contribution in [2.75, 3.05) is 0 Å². The number of carboxylic acids is 1. The first-order valence-electron chi connectivity index (χ1n) is 10.3. The Morgan fingerprint density at radius 2 is 2.06 bits per heavy atom. The van der Waals surface area contributed by atoms with Crippen LogP contribution in [0.4, 0.5) is 0 Å². The summed E-state index contributed by atoms with van der Waals surface area (Å²) in [7, 11) is 0. The molecule has 2 N–H and O–H groups in total. The fraction of sp³-hybridized carbons (Fsp3) is 0.208. The van der Waals surface area contributed by atoms with Gasteiger partial charge in [0.1, 0.15) is 0 Å². The van der Waals surface area contributed by atoms with Crippen LogP contribution in [0.1, 0.15) is 40.0 Å². The average molecular weight is 428 g/mol. The summed E-state index contributed by atoms with van der Waals surface area (Å²) >= 11 is 0. The van der Waals surface area contributed by atoms with Gasteiger partial charge in [0.05, 0.1) is 17.4 Å². The van der Waals surface area contributed by atoms with E-state index in [1.807, 2.05) is 24.3 Å². The summed E-state index contributed by atoms with van der Waals surface area (Å²) in [5, 5.41) is 18.0. The highest BCUT2D eigenvalue weighted by molar-refractivity contribution is 5.99. The fourth-order valence-corrected chi connectivity index (χ4v) is 4.01. The zero-order valence-corrected chi connectivity index (χ0v) is 17.3. The summed E-state index contributed by atoms with van der Waals surface area (Å²) in [6.07, 6.45) is 4.17. The zero-order chi connectivity index (χ0) is 22.2. The Bertz CT molecular complexity index is 1350. The Morgan fingerprint density at radius 3 is 2.84 bits per heavy atom. The number of carbonyl (C=O) groups is 2. The summed E-state index contributed by atoms with van der Waals surface area (Å²) in [5.74, 6) is -0.0904. The van der Waals surface area contributed by atoms with Gasteiger partial charge in [-0.05, 0) is 53.6 Å². The van der Waals surface area contributed by atoms with Gasteiger partial charge in [-0.2, -0.15) is 4.98 Å². The van der Waals surface area contributed by atoms with Crippen LogP contribution in [-0.4, -0.2) is 32.1 Å². The van der Waals surface area contributed by atoms with Crippen molar-refractivity contribution in [2.45, 2.75) is 25.8 Å². The maximum Gasteiger partial charge on any atom is 0.335 e. The van der Waals surface area contributed by atoms with E-state index in [0.717, 1.165) is 27.5 Å². The summed E-state index contributed by atoms with van der Waals surface area (Å²) < 4.78 is 5.18. The molecule has 1 amide bonds. The van der Waals surface area contributed by atoms with Gasteiger partial charge >= 0.3 is 5.97 Å². The lowest BCUT2D eigenvalue weighted by molar-refractivity contribution is -0.122. The van der Waals surface area contributed by atoms with Gasteiger partial charge in [0, 0.05) is 24.3 Å². The van der Waals surface area contributed by atoms with Crippen LogP contribution in [0.15, 0.2) is 59.4 Å². The van der Waals surface area contributed by atoms with Gasteiger partial charge in [0.25, 0.3) is 0 Å². The monoisotopic (exact) mass is 428 g/mol. The van der Waals surface area contributed by atoms with E-state index in [2.05, 4.69) is 20.4 Å². The predicted octanol–water partition coefficient (Wildman–Crippen LogP) is 3.71. The molecule has 2 unspecified atom stereocenters. The maximum atomic E-state index is 12.6. The highest BCUT2D eigenvalue weighted by Gasteiger charge is 2.47. The Morgan fingerprint density at radius 1 is 1.19 bits per heavy atom. The normalized spacial score (nSPS) is 17.3. The molecule has 5 rings (SSSR count). The molecule has 8 heteroatoms. The Balaban J connectivity index is 1.37. The van der Waals surface area contributed by atoms with Gasteiger partial charge in [-0.1, -0.05) is 29.4 Å². The molecule has 0 radical (unpaired) electrons. The van der Waals surface area contributed by atoms with Crippen LogP contribution in [0.5, 0.6) is 0 Å². The van der Waals surface area contributed by atoms with Crippen LogP contribution in [0.25, 0.3) is 21.9 Å². The molecule has 2 aromatic heterocycles. The van der Waals surface area contributed by atoms with Crippen LogP contribution in [-0.2, 0) is 11.3 Å². The largest absolute Gasteiger partial charge is 0.478 e. The number of nitrogens with one attached hydrogen (secondary N) is 1. The molecule has 160 valence electrons. The first-order valence-corrected chi connectivity index (χ1v) is 10.3. The van der Waals surface area contributed by atoms with Crippen molar-refractivity contribution in [3.8, 4) is 11.1 Å². The third-order valence-electron chi connectivity index (χ3n) is 5.77. The molecule has 1 aliphatic carbocycles. The first kappa shape index (κ1) is 19.9. The second-order valence-electron chi connectivity index (χ2n) is 7.93. The lowest BCUT2D eigenvalue weighted by atomic mass is 9.95. The summed E-state index contributed by atoms with van der Waals surface area (Å²) in [6, 6.07) is 12.6. The molecule has 0 aliphatic heterocycles. The minimum atomic E-state index is -0.966. The van der Waals surface area contributed by atoms with Crippen molar-refractivity contribution < 1.29 is 19.2 Å². The average Bonchev–Trinajstić information content (AvgIpc) is 3.50. The standard InChI is InChI=1S/C24H20N4O4/c1-13-27-23(32-28-13)20-10-19(20)22(29)26-11-16-5-6-17(18-7-8-25-12-21(16)18)14-3-2-4-15(9-14)24(30)31/h2-9,12,19-20H,10-11H2,1H3,(H,26,29)(H,30,31). The smallest absolute Gasteiger partial charge is 0.335 e. The molecular weight excluding hydrogens is 408 g/mol. The Kier molecular flexibility index (Phi) is 4.89. The molecule has 1 fully saturated rings. The molecule has 0 saturated heterocycles. The van der Waals surface area contributed by atoms with E-state index in [1.54, 1.807) is 37.5 Å². The Labute approximate surface area is 183 Å². The van der Waals surface area contributed by atoms with Crippen molar-refractivity contribution in [2.24, 2.45) is 5.92 Å². The molecular formula is C24H20N4O4. The second-order valence-corrected chi connectivity index (χ2v) is 7.93. The van der Waals surface area contributed by atoms with E-state index in [1.165, 1.54) is 0 Å². The molecule has 0 spiro atoms. The molecule has 4 aromatic rings. The number of amides is 1. The number of aromatic nitrogens is 3. The number of aryl methyl sites for hydroxylation is 1. The van der Waals surface area contributed by atoms with Gasteiger partial charge in [0.2, 0.25) is 11.8 Å².